The van der Waals surface area contributed by atoms with Gasteiger partial charge in [-0.05, 0) is 30.5 Å². The SMILES string of the molecule is O=C1NCCN(c2ccc(C3(C(=O)O)CCCCC3)cc2)C1=O. The average molecular weight is 316 g/mol. The number of nitrogens with one attached hydrogen (secondary N) is 1. The first kappa shape index (κ1) is 15.5. The van der Waals surface area contributed by atoms with Crippen LogP contribution in [0.15, 0.2) is 24.3 Å². The van der Waals surface area contributed by atoms with Crippen molar-refractivity contribution in [2.45, 2.75) is 37.5 Å². The van der Waals surface area contributed by atoms with E-state index in [1.54, 1.807) is 24.3 Å². The van der Waals surface area contributed by atoms with Crippen molar-refractivity contribution in [3.63, 3.8) is 0 Å². The first-order chi connectivity index (χ1) is 11.0. The van der Waals surface area contributed by atoms with E-state index >= 15 is 0 Å². The molecule has 1 aliphatic heterocycles. The molecule has 2 amide bonds. The van der Waals surface area contributed by atoms with E-state index in [-0.39, 0.29) is 0 Å². The lowest BCUT2D eigenvalue weighted by atomic mass is 9.69. The molecule has 2 N–H and O–H groups in total. The predicted molar refractivity (Wildman–Crippen MR) is 84.2 cm³/mol. The van der Waals surface area contributed by atoms with Gasteiger partial charge in [-0.1, -0.05) is 31.4 Å². The number of carbonyl (C=O) groups is 3. The maximum Gasteiger partial charge on any atom is 0.316 e. The smallest absolute Gasteiger partial charge is 0.316 e. The molecule has 1 saturated carbocycles. The molecule has 1 aromatic rings. The summed E-state index contributed by atoms with van der Waals surface area (Å²) in [6.45, 7) is 0.847. The summed E-state index contributed by atoms with van der Waals surface area (Å²) >= 11 is 0. The number of carboxylic acids is 1. The zero-order chi connectivity index (χ0) is 16.4. The Morgan fingerprint density at radius 1 is 1.09 bits per heavy atom. The number of anilines is 1. The van der Waals surface area contributed by atoms with Crippen LogP contribution in [0.4, 0.5) is 5.69 Å². The molecule has 1 aromatic carbocycles. The zero-order valence-corrected chi connectivity index (χ0v) is 12.9. The van der Waals surface area contributed by atoms with Gasteiger partial charge in [0.1, 0.15) is 0 Å². The number of amides is 2. The summed E-state index contributed by atoms with van der Waals surface area (Å²) in [7, 11) is 0. The first-order valence-corrected chi connectivity index (χ1v) is 7.98. The van der Waals surface area contributed by atoms with E-state index in [1.807, 2.05) is 0 Å². The van der Waals surface area contributed by atoms with E-state index in [4.69, 9.17) is 0 Å². The first-order valence-electron chi connectivity index (χ1n) is 7.98. The van der Waals surface area contributed by atoms with Crippen LogP contribution in [0.25, 0.3) is 0 Å². The summed E-state index contributed by atoms with van der Waals surface area (Å²) in [5.41, 5.74) is 0.590. The van der Waals surface area contributed by atoms with Gasteiger partial charge in [-0.2, -0.15) is 0 Å². The molecule has 1 aliphatic carbocycles. The van der Waals surface area contributed by atoms with E-state index in [0.29, 0.717) is 31.6 Å². The molecule has 0 atom stereocenters. The van der Waals surface area contributed by atoms with Crippen molar-refractivity contribution in [3.05, 3.63) is 29.8 Å². The van der Waals surface area contributed by atoms with E-state index in [1.165, 1.54) is 4.90 Å². The molecule has 23 heavy (non-hydrogen) atoms. The van der Waals surface area contributed by atoms with Gasteiger partial charge in [0.2, 0.25) is 0 Å². The number of carboxylic acid groups (broad SMARTS) is 1. The molecule has 0 bridgehead atoms. The van der Waals surface area contributed by atoms with Crippen molar-refractivity contribution in [3.8, 4) is 0 Å². The van der Waals surface area contributed by atoms with Gasteiger partial charge < -0.3 is 15.3 Å². The number of hydrogen-bond acceptors (Lipinski definition) is 3. The van der Waals surface area contributed by atoms with Gasteiger partial charge in [-0.15, -0.1) is 0 Å². The van der Waals surface area contributed by atoms with Crippen LogP contribution in [0.1, 0.15) is 37.7 Å². The average Bonchev–Trinajstić information content (AvgIpc) is 2.58. The summed E-state index contributed by atoms with van der Waals surface area (Å²) in [4.78, 5) is 36.6. The molecule has 122 valence electrons. The third-order valence-corrected chi connectivity index (χ3v) is 4.91. The minimum absolute atomic E-state index is 0.422. The van der Waals surface area contributed by atoms with Crippen LogP contribution < -0.4 is 10.2 Å². The van der Waals surface area contributed by atoms with Gasteiger partial charge in [0.15, 0.2) is 0 Å². The molecule has 0 radical (unpaired) electrons. The van der Waals surface area contributed by atoms with E-state index < -0.39 is 23.2 Å². The number of carbonyl (C=O) groups excluding carboxylic acids is 2. The van der Waals surface area contributed by atoms with E-state index in [2.05, 4.69) is 5.32 Å². The fourth-order valence-electron chi connectivity index (χ4n) is 3.57. The molecule has 6 nitrogen and oxygen atoms in total. The second-order valence-electron chi connectivity index (χ2n) is 6.21. The topological polar surface area (TPSA) is 86.7 Å². The Kier molecular flexibility index (Phi) is 4.07. The van der Waals surface area contributed by atoms with Gasteiger partial charge in [0.25, 0.3) is 0 Å². The number of hydrogen-bond donors (Lipinski definition) is 2. The summed E-state index contributed by atoms with van der Waals surface area (Å²) in [6, 6.07) is 7.05. The summed E-state index contributed by atoms with van der Waals surface area (Å²) in [5, 5.41) is 12.2. The van der Waals surface area contributed by atoms with Crippen molar-refractivity contribution >= 4 is 23.5 Å². The van der Waals surface area contributed by atoms with Crippen molar-refractivity contribution in [2.24, 2.45) is 0 Å². The monoisotopic (exact) mass is 316 g/mol. The molecule has 0 spiro atoms. The number of aliphatic carboxylic acids is 1. The molecule has 6 heteroatoms. The third-order valence-electron chi connectivity index (χ3n) is 4.91. The lowest BCUT2D eigenvalue weighted by molar-refractivity contribution is -0.145. The standard InChI is InChI=1S/C17H20N2O4/c20-14-15(21)19(11-10-18-14)13-6-4-12(5-7-13)17(16(22)23)8-2-1-3-9-17/h4-7H,1-3,8-11H2,(H,18,20)(H,22,23). The Labute approximate surface area is 134 Å². The lowest BCUT2D eigenvalue weighted by Crippen LogP contribution is -2.52. The van der Waals surface area contributed by atoms with E-state index in [0.717, 1.165) is 24.8 Å². The normalized spacial score (nSPS) is 21.0. The van der Waals surface area contributed by atoms with Crippen LogP contribution in [0.5, 0.6) is 0 Å². The third kappa shape index (κ3) is 2.69. The highest BCUT2D eigenvalue weighted by molar-refractivity contribution is 6.41. The van der Waals surface area contributed by atoms with Crippen molar-refractivity contribution in [1.82, 2.24) is 5.32 Å². The number of piperazine rings is 1. The maximum absolute atomic E-state index is 11.9. The molecule has 0 unspecified atom stereocenters. The van der Waals surface area contributed by atoms with Gasteiger partial charge in [-0.3, -0.25) is 14.4 Å². The number of nitrogens with zero attached hydrogens (tertiary/aromatic N) is 1. The van der Waals surface area contributed by atoms with Crippen LogP contribution in [0, 0.1) is 0 Å². The van der Waals surface area contributed by atoms with Crippen LogP contribution >= 0.6 is 0 Å². The highest BCUT2D eigenvalue weighted by atomic mass is 16.4. The fourth-order valence-corrected chi connectivity index (χ4v) is 3.57. The molecule has 1 heterocycles. The molecule has 0 aromatic heterocycles. The van der Waals surface area contributed by atoms with Crippen molar-refractivity contribution < 1.29 is 19.5 Å². The summed E-state index contributed by atoms with van der Waals surface area (Å²) in [6.07, 6.45) is 4.20. The fraction of sp³-hybridized carbons (Fsp3) is 0.471. The second kappa shape index (κ2) is 6.02. The Balaban J connectivity index is 1.88. The highest BCUT2D eigenvalue weighted by Crippen LogP contribution is 2.40. The maximum atomic E-state index is 11.9. The highest BCUT2D eigenvalue weighted by Gasteiger charge is 2.41. The van der Waals surface area contributed by atoms with Crippen molar-refractivity contribution in [1.29, 1.82) is 0 Å². The van der Waals surface area contributed by atoms with Crippen LogP contribution in [0.2, 0.25) is 0 Å². The summed E-state index contributed by atoms with van der Waals surface area (Å²) < 4.78 is 0. The van der Waals surface area contributed by atoms with Gasteiger partial charge in [-0.25, -0.2) is 0 Å². The molecular formula is C17H20N2O4. The van der Waals surface area contributed by atoms with Crippen molar-refractivity contribution in [2.75, 3.05) is 18.0 Å². The Morgan fingerprint density at radius 3 is 2.35 bits per heavy atom. The largest absolute Gasteiger partial charge is 0.481 e. The van der Waals surface area contributed by atoms with Gasteiger partial charge in [0, 0.05) is 18.8 Å². The molecule has 1 saturated heterocycles. The van der Waals surface area contributed by atoms with Crippen LogP contribution in [-0.4, -0.2) is 36.0 Å². The quantitative estimate of drug-likeness (QED) is 0.826. The Hall–Kier alpha value is -2.37. The molecule has 2 fully saturated rings. The zero-order valence-electron chi connectivity index (χ0n) is 12.9. The predicted octanol–water partition coefficient (Wildman–Crippen LogP) is 1.44. The van der Waals surface area contributed by atoms with Crippen LogP contribution in [-0.2, 0) is 19.8 Å². The Bertz CT molecular complexity index is 632. The lowest BCUT2D eigenvalue weighted by Gasteiger charge is -2.34. The molecular weight excluding hydrogens is 296 g/mol. The Morgan fingerprint density at radius 2 is 1.74 bits per heavy atom. The molecule has 3 rings (SSSR count). The minimum atomic E-state index is -0.819. The second-order valence-corrected chi connectivity index (χ2v) is 6.21. The number of benzene rings is 1. The number of rotatable bonds is 3. The van der Waals surface area contributed by atoms with Crippen LogP contribution in [0.3, 0.4) is 0 Å². The van der Waals surface area contributed by atoms with Gasteiger partial charge in [0.05, 0.1) is 5.41 Å². The molecule has 2 aliphatic rings. The summed E-state index contributed by atoms with van der Waals surface area (Å²) in [5.74, 6) is -1.96. The minimum Gasteiger partial charge on any atom is -0.481 e. The van der Waals surface area contributed by atoms with E-state index in [9.17, 15) is 19.5 Å². The van der Waals surface area contributed by atoms with Gasteiger partial charge >= 0.3 is 17.8 Å².